The van der Waals surface area contributed by atoms with E-state index in [-0.39, 0.29) is 23.8 Å². The number of methoxy groups -OCH3 is 1. The fraction of sp³-hybridized carbons (Fsp3) is 0.417. The minimum atomic E-state index is -0.587. The van der Waals surface area contributed by atoms with Crippen molar-refractivity contribution in [1.29, 1.82) is 0 Å². The van der Waals surface area contributed by atoms with Gasteiger partial charge in [0.05, 0.1) is 13.2 Å². The van der Waals surface area contributed by atoms with Crippen LogP contribution >= 0.6 is 0 Å². The van der Waals surface area contributed by atoms with Crippen molar-refractivity contribution in [1.82, 2.24) is 16.0 Å². The van der Waals surface area contributed by atoms with Gasteiger partial charge in [0, 0.05) is 18.7 Å². The first kappa shape index (κ1) is 21.8. The quantitative estimate of drug-likeness (QED) is 0.626. The van der Waals surface area contributed by atoms with E-state index in [1.165, 1.54) is 11.1 Å². The van der Waals surface area contributed by atoms with Gasteiger partial charge in [-0.3, -0.25) is 9.59 Å². The fourth-order valence-electron chi connectivity index (χ4n) is 3.74. The van der Waals surface area contributed by atoms with Gasteiger partial charge in [0.2, 0.25) is 11.8 Å². The molecule has 0 aromatic heterocycles. The highest BCUT2D eigenvalue weighted by atomic mass is 16.5. The van der Waals surface area contributed by atoms with E-state index in [1.807, 2.05) is 50.2 Å². The summed E-state index contributed by atoms with van der Waals surface area (Å²) in [7, 11) is 1.61. The molecule has 30 heavy (non-hydrogen) atoms. The second kappa shape index (κ2) is 10.3. The highest BCUT2D eigenvalue weighted by molar-refractivity contribution is 5.90. The van der Waals surface area contributed by atoms with Crippen LogP contribution in [-0.4, -0.2) is 31.0 Å². The molecule has 1 heterocycles. The minimum absolute atomic E-state index is 0.0162. The Morgan fingerprint density at radius 1 is 1.13 bits per heavy atom. The topological polar surface area (TPSA) is 79.5 Å². The van der Waals surface area contributed by atoms with Crippen LogP contribution in [0.4, 0.5) is 0 Å². The maximum Gasteiger partial charge on any atom is 0.243 e. The molecule has 0 unspecified atom stereocenters. The van der Waals surface area contributed by atoms with E-state index in [0.29, 0.717) is 19.5 Å². The summed E-state index contributed by atoms with van der Waals surface area (Å²) in [5.74, 6) is 0.427. The summed E-state index contributed by atoms with van der Waals surface area (Å²) in [5, 5.41) is 9.24. The van der Waals surface area contributed by atoms with Gasteiger partial charge in [-0.1, -0.05) is 62.7 Å². The number of fused-ring (bicyclic) bond motifs is 1. The molecule has 160 valence electrons. The molecule has 2 aromatic carbocycles. The van der Waals surface area contributed by atoms with Gasteiger partial charge in [0.1, 0.15) is 11.8 Å². The molecule has 3 N–H and O–H groups in total. The van der Waals surface area contributed by atoms with Crippen molar-refractivity contribution in [2.45, 2.75) is 51.9 Å². The first-order chi connectivity index (χ1) is 14.5. The average Bonchev–Trinajstić information content (AvgIpc) is 2.80. The molecule has 1 aliphatic heterocycles. The Balaban J connectivity index is 1.64. The molecule has 0 bridgehead atoms. The first-order valence-electron chi connectivity index (χ1n) is 10.5. The summed E-state index contributed by atoms with van der Waals surface area (Å²) in [4.78, 5) is 25.9. The van der Waals surface area contributed by atoms with Crippen LogP contribution < -0.4 is 20.7 Å². The maximum absolute atomic E-state index is 12.9. The Bertz CT molecular complexity index is 884. The number of benzene rings is 2. The lowest BCUT2D eigenvalue weighted by Crippen LogP contribution is -2.56. The second-order valence-electron chi connectivity index (χ2n) is 7.81. The fourth-order valence-corrected chi connectivity index (χ4v) is 3.74. The zero-order valence-electron chi connectivity index (χ0n) is 17.9. The van der Waals surface area contributed by atoms with Crippen LogP contribution in [0.25, 0.3) is 0 Å². The third-order valence-electron chi connectivity index (χ3n) is 5.84. The van der Waals surface area contributed by atoms with E-state index in [1.54, 1.807) is 7.11 Å². The van der Waals surface area contributed by atoms with Crippen LogP contribution in [-0.2, 0) is 29.1 Å². The van der Waals surface area contributed by atoms with Crippen LogP contribution in [0.1, 0.15) is 37.0 Å². The summed E-state index contributed by atoms with van der Waals surface area (Å²) < 4.78 is 5.35. The zero-order chi connectivity index (χ0) is 21.5. The number of hydrogen-bond donors (Lipinski definition) is 3. The summed E-state index contributed by atoms with van der Waals surface area (Å²) in [6.45, 7) is 5.01. The molecular formula is C24H31N3O3. The molecule has 0 saturated heterocycles. The standard InChI is InChI=1S/C24H31N3O3/c1-4-16(2)22(24(29)26-15-19-11-7-8-12-21(19)30-3)27-23(28)20-13-17-9-5-6-10-18(17)14-25-20/h5-12,16,20,22,25H,4,13-15H2,1-3H3,(H,26,29)(H,27,28)/t16-,20+,22-/m0/s1. The van der Waals surface area contributed by atoms with Crippen molar-refractivity contribution in [3.8, 4) is 5.75 Å². The molecule has 6 nitrogen and oxygen atoms in total. The van der Waals surface area contributed by atoms with E-state index in [9.17, 15) is 9.59 Å². The Hall–Kier alpha value is -2.86. The van der Waals surface area contributed by atoms with Crippen molar-refractivity contribution in [3.05, 3.63) is 65.2 Å². The monoisotopic (exact) mass is 409 g/mol. The lowest BCUT2D eigenvalue weighted by Gasteiger charge is -2.29. The van der Waals surface area contributed by atoms with Crippen molar-refractivity contribution in [2.75, 3.05) is 7.11 Å². The molecule has 0 spiro atoms. The largest absolute Gasteiger partial charge is 0.496 e. The van der Waals surface area contributed by atoms with Crippen molar-refractivity contribution in [2.24, 2.45) is 5.92 Å². The van der Waals surface area contributed by atoms with Gasteiger partial charge in [-0.2, -0.15) is 0 Å². The number of amides is 2. The second-order valence-corrected chi connectivity index (χ2v) is 7.81. The van der Waals surface area contributed by atoms with Gasteiger partial charge < -0.3 is 20.7 Å². The van der Waals surface area contributed by atoms with Crippen LogP contribution in [0.15, 0.2) is 48.5 Å². The lowest BCUT2D eigenvalue weighted by molar-refractivity contribution is -0.131. The van der Waals surface area contributed by atoms with E-state index < -0.39 is 6.04 Å². The Morgan fingerprint density at radius 2 is 1.83 bits per heavy atom. The molecule has 3 rings (SSSR count). The van der Waals surface area contributed by atoms with Crippen molar-refractivity contribution < 1.29 is 14.3 Å². The summed E-state index contributed by atoms with van der Waals surface area (Å²) in [6.07, 6.45) is 1.41. The van der Waals surface area contributed by atoms with Gasteiger partial charge in [-0.05, 0) is 29.5 Å². The van der Waals surface area contributed by atoms with E-state index in [4.69, 9.17) is 4.74 Å². The predicted octanol–water partition coefficient (Wildman–Crippen LogP) is 2.56. The van der Waals surface area contributed by atoms with Crippen LogP contribution in [0.2, 0.25) is 0 Å². The lowest BCUT2D eigenvalue weighted by atomic mass is 9.94. The van der Waals surface area contributed by atoms with Gasteiger partial charge in [0.15, 0.2) is 0 Å². The molecule has 3 atom stereocenters. The first-order valence-corrected chi connectivity index (χ1v) is 10.5. The summed E-state index contributed by atoms with van der Waals surface area (Å²) in [6, 6.07) is 14.8. The van der Waals surface area contributed by atoms with Gasteiger partial charge in [0.25, 0.3) is 0 Å². The number of carbonyl (C=O) groups is 2. The number of carbonyl (C=O) groups excluding carboxylic acids is 2. The smallest absolute Gasteiger partial charge is 0.243 e. The third kappa shape index (κ3) is 5.19. The van der Waals surface area contributed by atoms with E-state index >= 15 is 0 Å². The molecule has 2 aromatic rings. The summed E-state index contributed by atoms with van der Waals surface area (Å²) >= 11 is 0. The highest BCUT2D eigenvalue weighted by Gasteiger charge is 2.30. The molecule has 2 amide bonds. The normalized spacial score (nSPS) is 17.4. The molecule has 0 saturated carbocycles. The molecule has 0 fully saturated rings. The number of nitrogens with one attached hydrogen (secondary N) is 3. The van der Waals surface area contributed by atoms with Crippen LogP contribution in [0, 0.1) is 5.92 Å². The molecule has 0 aliphatic carbocycles. The van der Waals surface area contributed by atoms with E-state index in [0.717, 1.165) is 17.7 Å². The molecule has 6 heteroatoms. The van der Waals surface area contributed by atoms with Crippen molar-refractivity contribution >= 4 is 11.8 Å². The molecule has 0 radical (unpaired) electrons. The molecular weight excluding hydrogens is 378 g/mol. The summed E-state index contributed by atoms with van der Waals surface area (Å²) in [5.41, 5.74) is 3.29. The zero-order valence-corrected chi connectivity index (χ0v) is 17.9. The third-order valence-corrected chi connectivity index (χ3v) is 5.84. The number of hydrogen-bond acceptors (Lipinski definition) is 4. The maximum atomic E-state index is 12.9. The highest BCUT2D eigenvalue weighted by Crippen LogP contribution is 2.18. The van der Waals surface area contributed by atoms with Crippen LogP contribution in [0.5, 0.6) is 5.75 Å². The predicted molar refractivity (Wildman–Crippen MR) is 117 cm³/mol. The minimum Gasteiger partial charge on any atom is -0.496 e. The Morgan fingerprint density at radius 3 is 2.57 bits per heavy atom. The van der Waals surface area contributed by atoms with Gasteiger partial charge >= 0.3 is 0 Å². The number of para-hydroxylation sites is 1. The molecule has 1 aliphatic rings. The van der Waals surface area contributed by atoms with Gasteiger partial charge in [-0.15, -0.1) is 0 Å². The number of ether oxygens (including phenoxy) is 1. The van der Waals surface area contributed by atoms with E-state index in [2.05, 4.69) is 28.1 Å². The Labute approximate surface area is 178 Å². The van der Waals surface area contributed by atoms with Gasteiger partial charge in [-0.25, -0.2) is 0 Å². The number of rotatable bonds is 8. The Kier molecular flexibility index (Phi) is 7.46. The average molecular weight is 410 g/mol. The van der Waals surface area contributed by atoms with Crippen molar-refractivity contribution in [3.63, 3.8) is 0 Å². The van der Waals surface area contributed by atoms with Crippen LogP contribution in [0.3, 0.4) is 0 Å². The SMILES string of the molecule is CC[C@H](C)[C@H](NC(=O)[C@H]1Cc2ccccc2CN1)C(=O)NCc1ccccc1OC.